The molecule has 33 heavy (non-hydrogen) atoms. The lowest BCUT2D eigenvalue weighted by Gasteiger charge is -2.11. The molecule has 0 aliphatic rings. The van der Waals surface area contributed by atoms with Gasteiger partial charge >= 0.3 is 11.8 Å². The van der Waals surface area contributed by atoms with Gasteiger partial charge in [-0.15, -0.1) is 0 Å². The van der Waals surface area contributed by atoms with Crippen LogP contribution in [-0.2, 0) is 19.1 Å². The first-order valence-corrected chi connectivity index (χ1v) is 10.7. The lowest BCUT2D eigenvalue weighted by atomic mass is 10.2. The Kier molecular flexibility index (Phi) is 10.6. The second-order valence-electron chi connectivity index (χ2n) is 7.42. The molecule has 0 spiro atoms. The van der Waals surface area contributed by atoms with E-state index in [1.807, 2.05) is 45.0 Å². The maximum absolute atomic E-state index is 12.2. The zero-order chi connectivity index (χ0) is 24.1. The van der Waals surface area contributed by atoms with Crippen molar-refractivity contribution >= 4 is 29.6 Å². The third-order valence-corrected chi connectivity index (χ3v) is 4.33. The number of hydrogen-bond donors (Lipinski definition) is 3. The normalized spacial score (nSPS) is 10.8. The first-order valence-electron chi connectivity index (χ1n) is 10.7. The Morgan fingerprint density at radius 1 is 1.03 bits per heavy atom. The largest absolute Gasteiger partial charge is 0.483 e. The zero-order valence-corrected chi connectivity index (χ0v) is 19.1. The van der Waals surface area contributed by atoms with Crippen LogP contribution >= 0.6 is 0 Å². The summed E-state index contributed by atoms with van der Waals surface area (Å²) in [6.45, 7) is 6.37. The van der Waals surface area contributed by atoms with Gasteiger partial charge in [0.25, 0.3) is 5.91 Å². The van der Waals surface area contributed by atoms with Gasteiger partial charge < -0.3 is 20.1 Å². The van der Waals surface area contributed by atoms with Crippen molar-refractivity contribution in [2.75, 3.05) is 25.1 Å². The summed E-state index contributed by atoms with van der Waals surface area (Å²) in [7, 11) is 0. The number of aryl methyl sites for hydroxylation is 1. The van der Waals surface area contributed by atoms with E-state index in [9.17, 15) is 14.4 Å². The summed E-state index contributed by atoms with van der Waals surface area (Å²) in [6, 6.07) is 14.3. The monoisotopic (exact) mass is 454 g/mol. The Hall–Kier alpha value is -3.72. The number of nitrogens with one attached hydrogen (secondary N) is 3. The van der Waals surface area contributed by atoms with Crippen LogP contribution in [0.4, 0.5) is 5.69 Å². The van der Waals surface area contributed by atoms with Gasteiger partial charge in [-0.25, -0.2) is 5.43 Å². The molecule has 0 radical (unpaired) electrons. The molecule has 0 aromatic heterocycles. The molecular formula is C24H30N4O5. The minimum atomic E-state index is -0.882. The van der Waals surface area contributed by atoms with E-state index in [4.69, 9.17) is 9.47 Å². The molecule has 0 unspecified atom stereocenters. The molecule has 176 valence electrons. The van der Waals surface area contributed by atoms with Crippen LogP contribution in [0.25, 0.3) is 0 Å². The Labute approximate surface area is 193 Å². The number of rotatable bonds is 11. The van der Waals surface area contributed by atoms with Gasteiger partial charge in [-0.05, 0) is 51.0 Å². The maximum atomic E-state index is 12.2. The number of ether oxygens (including phenoxy) is 2. The van der Waals surface area contributed by atoms with Gasteiger partial charge in [0.05, 0.1) is 12.3 Å². The molecule has 9 nitrogen and oxygen atoms in total. The minimum Gasteiger partial charge on any atom is -0.483 e. The number of amides is 3. The van der Waals surface area contributed by atoms with E-state index >= 15 is 0 Å². The number of carbonyl (C=O) groups is 3. The van der Waals surface area contributed by atoms with Crippen molar-refractivity contribution in [3.8, 4) is 5.75 Å². The summed E-state index contributed by atoms with van der Waals surface area (Å²) >= 11 is 0. The summed E-state index contributed by atoms with van der Waals surface area (Å²) in [4.78, 5) is 35.9. The number of para-hydroxylation sites is 2. The van der Waals surface area contributed by atoms with Crippen molar-refractivity contribution in [3.05, 3.63) is 59.7 Å². The molecule has 2 rings (SSSR count). The van der Waals surface area contributed by atoms with Crippen LogP contribution in [0.1, 0.15) is 31.4 Å². The van der Waals surface area contributed by atoms with Gasteiger partial charge in [-0.3, -0.25) is 14.4 Å². The molecule has 0 bridgehead atoms. The van der Waals surface area contributed by atoms with Gasteiger partial charge in [-0.1, -0.05) is 30.3 Å². The molecule has 2 aromatic rings. The van der Waals surface area contributed by atoms with Crippen molar-refractivity contribution in [1.82, 2.24) is 10.7 Å². The third-order valence-electron chi connectivity index (χ3n) is 4.33. The Bertz CT molecular complexity index is 975. The highest BCUT2D eigenvalue weighted by Gasteiger charge is 2.12. The van der Waals surface area contributed by atoms with Crippen molar-refractivity contribution in [2.24, 2.45) is 5.10 Å². The fourth-order valence-electron chi connectivity index (χ4n) is 2.65. The van der Waals surface area contributed by atoms with Crippen LogP contribution in [-0.4, -0.2) is 49.8 Å². The van der Waals surface area contributed by atoms with Crippen LogP contribution in [0.3, 0.4) is 0 Å². The summed E-state index contributed by atoms with van der Waals surface area (Å²) in [5.74, 6) is -1.56. The minimum absolute atomic E-state index is 0.118. The van der Waals surface area contributed by atoms with Gasteiger partial charge in [0.1, 0.15) is 5.75 Å². The van der Waals surface area contributed by atoms with Crippen molar-refractivity contribution in [3.63, 3.8) is 0 Å². The van der Waals surface area contributed by atoms with E-state index in [0.29, 0.717) is 30.9 Å². The summed E-state index contributed by atoms with van der Waals surface area (Å²) in [5, 5.41) is 9.10. The molecule has 0 aliphatic carbocycles. The van der Waals surface area contributed by atoms with Crippen LogP contribution in [0.5, 0.6) is 5.75 Å². The predicted octanol–water partition coefficient (Wildman–Crippen LogP) is 2.39. The maximum Gasteiger partial charge on any atom is 0.329 e. The number of hydrazone groups is 1. The molecule has 0 heterocycles. The van der Waals surface area contributed by atoms with Crippen LogP contribution < -0.4 is 20.8 Å². The second-order valence-corrected chi connectivity index (χ2v) is 7.42. The molecule has 3 N–H and O–H groups in total. The Balaban J connectivity index is 1.80. The van der Waals surface area contributed by atoms with Gasteiger partial charge in [-0.2, -0.15) is 5.10 Å². The lowest BCUT2D eigenvalue weighted by molar-refractivity contribution is -0.139. The van der Waals surface area contributed by atoms with Crippen molar-refractivity contribution in [1.29, 1.82) is 0 Å². The number of nitrogens with zero attached hydrogens (tertiary/aromatic N) is 1. The smallest absolute Gasteiger partial charge is 0.329 e. The van der Waals surface area contributed by atoms with Crippen LogP contribution in [0.2, 0.25) is 0 Å². The first-order chi connectivity index (χ1) is 15.9. The molecule has 0 saturated carbocycles. The molecule has 0 aliphatic heterocycles. The summed E-state index contributed by atoms with van der Waals surface area (Å²) in [5.41, 5.74) is 4.37. The number of carbonyl (C=O) groups excluding carboxylic acids is 3. The summed E-state index contributed by atoms with van der Waals surface area (Å²) in [6.07, 6.45) is 2.06. The summed E-state index contributed by atoms with van der Waals surface area (Å²) < 4.78 is 11.0. The first kappa shape index (κ1) is 25.5. The average molecular weight is 455 g/mol. The second kappa shape index (κ2) is 13.6. The van der Waals surface area contributed by atoms with Crippen molar-refractivity contribution < 1.29 is 23.9 Å². The molecule has 2 aromatic carbocycles. The third kappa shape index (κ3) is 9.53. The van der Waals surface area contributed by atoms with E-state index < -0.39 is 11.8 Å². The van der Waals surface area contributed by atoms with Gasteiger partial charge in [0.15, 0.2) is 6.61 Å². The highest BCUT2D eigenvalue weighted by molar-refractivity contribution is 6.35. The highest BCUT2D eigenvalue weighted by Crippen LogP contribution is 2.16. The Morgan fingerprint density at radius 3 is 2.52 bits per heavy atom. The van der Waals surface area contributed by atoms with Gasteiger partial charge in [0.2, 0.25) is 0 Å². The van der Waals surface area contributed by atoms with Gasteiger partial charge in [0, 0.05) is 24.4 Å². The predicted molar refractivity (Wildman–Crippen MR) is 126 cm³/mol. The molecule has 0 atom stereocenters. The van der Waals surface area contributed by atoms with E-state index in [0.717, 1.165) is 11.3 Å². The highest BCUT2D eigenvalue weighted by atomic mass is 16.5. The fourth-order valence-corrected chi connectivity index (χ4v) is 2.65. The topological polar surface area (TPSA) is 118 Å². The number of hydrogen-bond acceptors (Lipinski definition) is 6. The molecule has 9 heteroatoms. The van der Waals surface area contributed by atoms with Crippen molar-refractivity contribution in [2.45, 2.75) is 33.3 Å². The standard InChI is InChI=1S/C24H30N4O5/c1-17(2)32-14-8-13-25-23(30)24(31)28-26-15-19-10-5-7-12-21(19)33-16-22(29)27-20-11-6-4-9-18(20)3/h4-7,9-12,15,17H,8,13-14,16H2,1-3H3,(H,25,30)(H,27,29)(H,28,31)/b26-15+. The molecule has 0 saturated heterocycles. The number of benzene rings is 2. The molecule has 0 fully saturated rings. The molecular weight excluding hydrogens is 424 g/mol. The lowest BCUT2D eigenvalue weighted by Crippen LogP contribution is -2.38. The Morgan fingerprint density at radius 2 is 1.76 bits per heavy atom. The quantitative estimate of drug-likeness (QED) is 0.209. The van der Waals surface area contributed by atoms with E-state index in [1.165, 1.54) is 6.21 Å². The fraction of sp³-hybridized carbons (Fsp3) is 0.333. The van der Waals surface area contributed by atoms with E-state index in [2.05, 4.69) is 21.2 Å². The van der Waals surface area contributed by atoms with Crippen LogP contribution in [0, 0.1) is 6.92 Å². The number of anilines is 1. The van der Waals surface area contributed by atoms with Crippen LogP contribution in [0.15, 0.2) is 53.6 Å². The SMILES string of the molecule is Cc1ccccc1NC(=O)COc1ccccc1/C=N/NC(=O)C(=O)NCCCOC(C)C. The van der Waals surface area contributed by atoms with E-state index in [-0.39, 0.29) is 18.6 Å². The van der Waals surface area contributed by atoms with E-state index in [1.54, 1.807) is 24.3 Å². The molecule has 3 amide bonds. The average Bonchev–Trinajstić information content (AvgIpc) is 2.79. The zero-order valence-electron chi connectivity index (χ0n) is 19.1.